The van der Waals surface area contributed by atoms with Crippen molar-refractivity contribution in [3.8, 4) is 22.8 Å². The van der Waals surface area contributed by atoms with Gasteiger partial charge in [0, 0.05) is 42.0 Å². The van der Waals surface area contributed by atoms with E-state index in [4.69, 9.17) is 28.5 Å². The predicted octanol–water partition coefficient (Wildman–Crippen LogP) is 4.15. The molecule has 0 unspecified atom stereocenters. The molecule has 0 N–H and O–H groups in total. The molecule has 0 saturated carbocycles. The van der Waals surface area contributed by atoms with E-state index in [0.29, 0.717) is 31.3 Å². The van der Waals surface area contributed by atoms with Crippen LogP contribution in [0.1, 0.15) is 20.3 Å². The maximum absolute atomic E-state index is 6.14. The van der Waals surface area contributed by atoms with Crippen molar-refractivity contribution in [2.75, 3.05) is 59.8 Å². The van der Waals surface area contributed by atoms with Gasteiger partial charge in [0.1, 0.15) is 6.33 Å². The minimum absolute atomic E-state index is 0.463. The molecule has 208 valence electrons. The van der Waals surface area contributed by atoms with Crippen LogP contribution in [0.3, 0.4) is 0 Å². The third kappa shape index (κ3) is 6.25. The predicted molar refractivity (Wildman–Crippen MR) is 148 cm³/mol. The molecule has 0 spiro atoms. The van der Waals surface area contributed by atoms with Crippen LogP contribution in [0.4, 0.5) is 0 Å². The van der Waals surface area contributed by atoms with E-state index in [2.05, 4.69) is 14.9 Å². The topological polar surface area (TPSA) is 89.3 Å². The SMILES string of the molecule is CCOC(OCC)On1cc(-c2ncnc3cc(OCCCN4CCOCC4)c(OC)cc23)c2ccccc21. The first-order valence-corrected chi connectivity index (χ1v) is 13.5. The van der Waals surface area contributed by atoms with Gasteiger partial charge < -0.3 is 28.5 Å². The number of benzene rings is 2. The molecule has 0 amide bonds. The van der Waals surface area contributed by atoms with Crippen LogP contribution in [-0.4, -0.2) is 85.9 Å². The van der Waals surface area contributed by atoms with Crippen LogP contribution in [0.5, 0.6) is 11.5 Å². The Kier molecular flexibility index (Phi) is 9.10. The Morgan fingerprint density at radius 3 is 2.54 bits per heavy atom. The van der Waals surface area contributed by atoms with Gasteiger partial charge in [-0.25, -0.2) is 9.97 Å². The zero-order valence-corrected chi connectivity index (χ0v) is 22.8. The van der Waals surface area contributed by atoms with E-state index in [1.165, 1.54) is 0 Å². The molecule has 1 aliphatic rings. The van der Waals surface area contributed by atoms with E-state index in [1.807, 2.05) is 56.4 Å². The van der Waals surface area contributed by atoms with Crippen LogP contribution >= 0.6 is 0 Å². The number of fused-ring (bicyclic) bond motifs is 2. The average molecular weight is 537 g/mol. The number of methoxy groups -OCH3 is 1. The summed E-state index contributed by atoms with van der Waals surface area (Å²) in [6.07, 6.45) is 4.39. The average Bonchev–Trinajstić information content (AvgIpc) is 3.33. The van der Waals surface area contributed by atoms with Gasteiger partial charge in [-0.1, -0.05) is 18.2 Å². The third-order valence-corrected chi connectivity index (χ3v) is 6.64. The minimum Gasteiger partial charge on any atom is -0.493 e. The molecule has 2 aromatic carbocycles. The highest BCUT2D eigenvalue weighted by Crippen LogP contribution is 2.38. The number of nitrogens with zero attached hydrogens (tertiary/aromatic N) is 4. The summed E-state index contributed by atoms with van der Waals surface area (Å²) in [7, 11) is 1.65. The molecule has 10 nitrogen and oxygen atoms in total. The van der Waals surface area contributed by atoms with Gasteiger partial charge in [-0.2, -0.15) is 4.73 Å². The maximum atomic E-state index is 6.14. The summed E-state index contributed by atoms with van der Waals surface area (Å²) in [4.78, 5) is 17.7. The summed E-state index contributed by atoms with van der Waals surface area (Å²) in [6.45, 7) is 9.00. The van der Waals surface area contributed by atoms with Crippen molar-refractivity contribution < 1.29 is 28.5 Å². The van der Waals surface area contributed by atoms with Crippen molar-refractivity contribution in [3.63, 3.8) is 0 Å². The van der Waals surface area contributed by atoms with Crippen molar-refractivity contribution >= 4 is 21.8 Å². The molecule has 5 rings (SSSR count). The Balaban J connectivity index is 1.43. The van der Waals surface area contributed by atoms with Gasteiger partial charge in [0.25, 0.3) is 0 Å². The summed E-state index contributed by atoms with van der Waals surface area (Å²) < 4.78 is 30.2. The molecule has 1 fully saturated rings. The molecule has 0 bridgehead atoms. The molecule has 4 aromatic rings. The highest BCUT2D eigenvalue weighted by atomic mass is 16.9. The lowest BCUT2D eigenvalue weighted by atomic mass is 10.1. The first-order valence-electron chi connectivity index (χ1n) is 13.5. The lowest BCUT2D eigenvalue weighted by Gasteiger charge is -2.26. The van der Waals surface area contributed by atoms with E-state index in [0.717, 1.165) is 72.3 Å². The smallest absolute Gasteiger partial charge is 0.337 e. The van der Waals surface area contributed by atoms with Gasteiger partial charge >= 0.3 is 6.48 Å². The summed E-state index contributed by atoms with van der Waals surface area (Å²) in [5.41, 5.74) is 3.30. The van der Waals surface area contributed by atoms with Gasteiger partial charge in [0.05, 0.1) is 63.1 Å². The number of para-hydroxylation sites is 1. The van der Waals surface area contributed by atoms with Gasteiger partial charge in [0.15, 0.2) is 11.5 Å². The van der Waals surface area contributed by atoms with Gasteiger partial charge in [-0.3, -0.25) is 4.90 Å². The maximum Gasteiger partial charge on any atom is 0.337 e. The molecule has 10 heteroatoms. The normalized spacial score (nSPS) is 14.4. The fourth-order valence-electron chi connectivity index (χ4n) is 4.75. The largest absolute Gasteiger partial charge is 0.493 e. The van der Waals surface area contributed by atoms with Crippen LogP contribution in [-0.2, 0) is 14.2 Å². The molecule has 0 atom stereocenters. The standard InChI is InChI=1S/C29H36N4O6/c1-4-36-29(37-5-2)39-33-19-23(21-9-6-7-10-25(21)33)28-22-17-26(34-3)27(18-24(22)30-20-31-28)38-14-8-11-32-12-15-35-16-13-32/h6-7,9-10,17-20,29H,4-5,8,11-16H2,1-3H3. The Bertz CT molecular complexity index is 1360. The van der Waals surface area contributed by atoms with E-state index in [-0.39, 0.29) is 0 Å². The van der Waals surface area contributed by atoms with Crippen LogP contribution in [0.25, 0.3) is 33.1 Å². The number of hydrogen-bond acceptors (Lipinski definition) is 9. The molecular formula is C29H36N4O6. The fraction of sp³-hybridized carbons (Fsp3) is 0.448. The van der Waals surface area contributed by atoms with Crippen molar-refractivity contribution in [3.05, 3.63) is 48.9 Å². The number of aromatic nitrogens is 3. The molecule has 1 saturated heterocycles. The zero-order chi connectivity index (χ0) is 27.0. The molecule has 3 heterocycles. The molecular weight excluding hydrogens is 500 g/mol. The number of morpholine rings is 1. The van der Waals surface area contributed by atoms with Gasteiger partial charge in [-0.05, 0) is 32.4 Å². The Labute approximate surface area is 228 Å². The molecule has 0 aliphatic carbocycles. The summed E-state index contributed by atoms with van der Waals surface area (Å²) in [5, 5.41) is 1.83. The monoisotopic (exact) mass is 536 g/mol. The Hall–Kier alpha value is -3.44. The molecule has 39 heavy (non-hydrogen) atoms. The first kappa shape index (κ1) is 27.1. The number of ether oxygens (including phenoxy) is 5. The van der Waals surface area contributed by atoms with Crippen molar-refractivity contribution in [2.24, 2.45) is 0 Å². The lowest BCUT2D eigenvalue weighted by molar-refractivity contribution is -0.282. The summed E-state index contributed by atoms with van der Waals surface area (Å²) in [5.74, 6) is 1.30. The second-order valence-corrected chi connectivity index (χ2v) is 9.09. The highest BCUT2D eigenvalue weighted by molar-refractivity contribution is 6.03. The van der Waals surface area contributed by atoms with E-state index in [9.17, 15) is 0 Å². The molecule has 2 aromatic heterocycles. The van der Waals surface area contributed by atoms with E-state index < -0.39 is 6.48 Å². The molecule has 1 aliphatic heterocycles. The summed E-state index contributed by atoms with van der Waals surface area (Å²) in [6, 6.07) is 11.8. The minimum atomic E-state index is -0.825. The van der Waals surface area contributed by atoms with Crippen LogP contribution < -0.4 is 14.3 Å². The zero-order valence-electron chi connectivity index (χ0n) is 22.8. The van der Waals surface area contributed by atoms with Gasteiger partial charge in [-0.15, -0.1) is 0 Å². The Morgan fingerprint density at radius 1 is 0.974 bits per heavy atom. The third-order valence-electron chi connectivity index (χ3n) is 6.64. The van der Waals surface area contributed by atoms with E-state index >= 15 is 0 Å². The van der Waals surface area contributed by atoms with Crippen LogP contribution in [0.2, 0.25) is 0 Å². The molecule has 0 radical (unpaired) electrons. The lowest BCUT2D eigenvalue weighted by Crippen LogP contribution is -2.37. The second-order valence-electron chi connectivity index (χ2n) is 9.09. The Morgan fingerprint density at radius 2 is 1.77 bits per heavy atom. The second kappa shape index (κ2) is 13.1. The number of rotatable bonds is 13. The highest BCUT2D eigenvalue weighted by Gasteiger charge is 2.20. The van der Waals surface area contributed by atoms with Crippen molar-refractivity contribution in [1.29, 1.82) is 0 Å². The van der Waals surface area contributed by atoms with Crippen molar-refractivity contribution in [2.45, 2.75) is 26.7 Å². The fourth-order valence-corrected chi connectivity index (χ4v) is 4.75. The van der Waals surface area contributed by atoms with Gasteiger partial charge in [0.2, 0.25) is 0 Å². The summed E-state index contributed by atoms with van der Waals surface area (Å²) >= 11 is 0. The van der Waals surface area contributed by atoms with Crippen LogP contribution in [0.15, 0.2) is 48.9 Å². The first-order chi connectivity index (χ1) is 19.2. The van der Waals surface area contributed by atoms with Crippen LogP contribution in [0, 0.1) is 0 Å². The van der Waals surface area contributed by atoms with E-state index in [1.54, 1.807) is 18.2 Å². The van der Waals surface area contributed by atoms with Crippen molar-refractivity contribution in [1.82, 2.24) is 19.6 Å². The number of hydrogen-bond donors (Lipinski definition) is 0. The quantitative estimate of drug-likeness (QED) is 0.185.